The highest BCUT2D eigenvalue weighted by atomic mass is 35.5. The van der Waals surface area contributed by atoms with Gasteiger partial charge in [0, 0.05) is 10.6 Å². The van der Waals surface area contributed by atoms with Crippen LogP contribution in [-0.2, 0) is 0 Å². The van der Waals surface area contributed by atoms with Crippen LogP contribution in [0, 0.1) is 6.92 Å². The lowest BCUT2D eigenvalue weighted by Gasteiger charge is -2.13. The zero-order valence-corrected chi connectivity index (χ0v) is 14.4. The molecule has 0 saturated heterocycles. The van der Waals surface area contributed by atoms with E-state index in [-0.39, 0.29) is 6.10 Å². The Balaban J connectivity index is 1.76. The number of rotatable bonds is 5. The minimum atomic E-state index is -0.371. The first-order chi connectivity index (χ1) is 11.6. The molecule has 0 fully saturated rings. The molecule has 124 valence electrons. The Labute approximate surface area is 145 Å². The molecule has 3 rings (SSSR count). The third kappa shape index (κ3) is 3.51. The molecule has 0 N–H and O–H groups in total. The summed E-state index contributed by atoms with van der Waals surface area (Å²) in [5.41, 5.74) is 1.77. The number of benzene rings is 2. The molecule has 24 heavy (non-hydrogen) atoms. The van der Waals surface area contributed by atoms with E-state index >= 15 is 0 Å². The summed E-state index contributed by atoms with van der Waals surface area (Å²) in [6.45, 7) is 3.80. The molecule has 0 bridgehead atoms. The number of aryl methyl sites for hydroxylation is 1. The first-order valence-electron chi connectivity index (χ1n) is 7.47. The molecule has 6 heteroatoms. The number of nitrogens with zero attached hydrogens (tertiary/aromatic N) is 2. The molecule has 0 aliphatic carbocycles. The van der Waals surface area contributed by atoms with Crippen LogP contribution in [0.25, 0.3) is 11.5 Å². The average Bonchev–Trinajstić information content (AvgIpc) is 3.07. The smallest absolute Gasteiger partial charge is 0.257 e. The molecule has 1 aromatic heterocycles. The first-order valence-corrected chi connectivity index (χ1v) is 7.85. The van der Waals surface area contributed by atoms with Gasteiger partial charge in [0.25, 0.3) is 5.89 Å². The third-order valence-corrected chi connectivity index (χ3v) is 3.80. The van der Waals surface area contributed by atoms with Crippen molar-refractivity contribution in [2.45, 2.75) is 20.0 Å². The van der Waals surface area contributed by atoms with Gasteiger partial charge in [0.2, 0.25) is 5.89 Å². The van der Waals surface area contributed by atoms with Crippen molar-refractivity contribution in [2.75, 3.05) is 7.11 Å². The van der Waals surface area contributed by atoms with Crippen LogP contribution in [0.3, 0.4) is 0 Å². The Morgan fingerprint density at radius 3 is 2.50 bits per heavy atom. The summed E-state index contributed by atoms with van der Waals surface area (Å²) in [4.78, 5) is 0. The summed E-state index contributed by atoms with van der Waals surface area (Å²) in [5.74, 6) is 2.36. The number of hydrogen-bond donors (Lipinski definition) is 0. The Bertz CT molecular complexity index is 831. The second-order valence-corrected chi connectivity index (χ2v) is 5.78. The van der Waals surface area contributed by atoms with E-state index in [0.29, 0.717) is 16.8 Å². The van der Waals surface area contributed by atoms with Crippen LogP contribution in [0.1, 0.15) is 24.5 Å². The predicted octanol–water partition coefficient (Wildman–Crippen LogP) is 4.85. The van der Waals surface area contributed by atoms with Crippen LogP contribution in [0.4, 0.5) is 0 Å². The monoisotopic (exact) mass is 344 g/mol. The SMILES string of the molecule is COc1ccc(-c2nnc([C@@H](C)Oc3ccc(Cl)cc3C)o2)cc1. The maximum absolute atomic E-state index is 5.96. The van der Waals surface area contributed by atoms with Crippen molar-refractivity contribution >= 4 is 11.6 Å². The Morgan fingerprint density at radius 2 is 1.83 bits per heavy atom. The highest BCUT2D eigenvalue weighted by Crippen LogP contribution is 2.28. The molecule has 0 aliphatic heterocycles. The largest absolute Gasteiger partial charge is 0.497 e. The van der Waals surface area contributed by atoms with E-state index in [2.05, 4.69) is 10.2 Å². The van der Waals surface area contributed by atoms with E-state index in [1.54, 1.807) is 13.2 Å². The van der Waals surface area contributed by atoms with Gasteiger partial charge < -0.3 is 13.9 Å². The van der Waals surface area contributed by atoms with Crippen LogP contribution in [-0.4, -0.2) is 17.3 Å². The maximum Gasteiger partial charge on any atom is 0.257 e. The van der Waals surface area contributed by atoms with Gasteiger partial charge in [-0.15, -0.1) is 10.2 Å². The molecular formula is C18H17ClN2O3. The van der Waals surface area contributed by atoms with E-state index in [1.807, 2.05) is 50.2 Å². The number of ether oxygens (including phenoxy) is 2. The van der Waals surface area contributed by atoms with Gasteiger partial charge in [-0.25, -0.2) is 0 Å². The van der Waals surface area contributed by atoms with Crippen molar-refractivity contribution in [3.8, 4) is 23.0 Å². The van der Waals surface area contributed by atoms with Crippen molar-refractivity contribution in [2.24, 2.45) is 0 Å². The molecule has 0 unspecified atom stereocenters. The molecule has 2 aromatic carbocycles. The van der Waals surface area contributed by atoms with Gasteiger partial charge in [-0.05, 0) is 61.9 Å². The fourth-order valence-electron chi connectivity index (χ4n) is 2.24. The van der Waals surface area contributed by atoms with E-state index in [9.17, 15) is 0 Å². The van der Waals surface area contributed by atoms with Gasteiger partial charge in [0.05, 0.1) is 7.11 Å². The summed E-state index contributed by atoms with van der Waals surface area (Å²) in [6, 6.07) is 12.9. The quantitative estimate of drug-likeness (QED) is 0.662. The number of aromatic nitrogens is 2. The van der Waals surface area contributed by atoms with Gasteiger partial charge in [0.1, 0.15) is 11.5 Å². The normalized spacial score (nSPS) is 12.0. The summed E-state index contributed by atoms with van der Waals surface area (Å²) in [6.07, 6.45) is -0.371. The summed E-state index contributed by atoms with van der Waals surface area (Å²) < 4.78 is 16.8. The molecule has 0 radical (unpaired) electrons. The molecule has 0 spiro atoms. The van der Waals surface area contributed by atoms with Gasteiger partial charge in [-0.3, -0.25) is 0 Å². The number of halogens is 1. The molecular weight excluding hydrogens is 328 g/mol. The van der Waals surface area contributed by atoms with Crippen LogP contribution in [0.15, 0.2) is 46.9 Å². The van der Waals surface area contributed by atoms with E-state index < -0.39 is 0 Å². The molecule has 0 aliphatic rings. The highest BCUT2D eigenvalue weighted by molar-refractivity contribution is 6.30. The van der Waals surface area contributed by atoms with Gasteiger partial charge in [-0.1, -0.05) is 11.6 Å². The summed E-state index contributed by atoms with van der Waals surface area (Å²) in [5, 5.41) is 8.84. The van der Waals surface area contributed by atoms with Gasteiger partial charge in [0.15, 0.2) is 6.10 Å². The van der Waals surface area contributed by atoms with Gasteiger partial charge >= 0.3 is 0 Å². The summed E-state index contributed by atoms with van der Waals surface area (Å²) in [7, 11) is 1.62. The van der Waals surface area contributed by atoms with E-state index in [4.69, 9.17) is 25.5 Å². The summed E-state index contributed by atoms with van der Waals surface area (Å²) >= 11 is 5.96. The van der Waals surface area contributed by atoms with Crippen molar-refractivity contribution in [3.63, 3.8) is 0 Å². The first kappa shape index (κ1) is 16.3. The second kappa shape index (κ2) is 6.93. The molecule has 5 nitrogen and oxygen atoms in total. The Hall–Kier alpha value is -2.53. The minimum absolute atomic E-state index is 0.371. The minimum Gasteiger partial charge on any atom is -0.497 e. The topological polar surface area (TPSA) is 57.4 Å². The van der Waals surface area contributed by atoms with Crippen molar-refractivity contribution in [1.29, 1.82) is 0 Å². The van der Waals surface area contributed by atoms with E-state index in [1.165, 1.54) is 0 Å². The van der Waals surface area contributed by atoms with Crippen LogP contribution < -0.4 is 9.47 Å². The predicted molar refractivity (Wildman–Crippen MR) is 91.5 cm³/mol. The van der Waals surface area contributed by atoms with Crippen LogP contribution in [0.2, 0.25) is 5.02 Å². The Kier molecular flexibility index (Phi) is 4.71. The van der Waals surface area contributed by atoms with Crippen molar-refractivity contribution in [3.05, 3.63) is 58.9 Å². The fourth-order valence-corrected chi connectivity index (χ4v) is 2.46. The van der Waals surface area contributed by atoms with Crippen molar-refractivity contribution in [1.82, 2.24) is 10.2 Å². The van der Waals surface area contributed by atoms with E-state index in [0.717, 1.165) is 22.6 Å². The molecule has 0 amide bonds. The van der Waals surface area contributed by atoms with Crippen LogP contribution in [0.5, 0.6) is 11.5 Å². The lowest BCUT2D eigenvalue weighted by atomic mass is 10.2. The highest BCUT2D eigenvalue weighted by Gasteiger charge is 2.17. The average molecular weight is 345 g/mol. The molecule has 1 heterocycles. The Morgan fingerprint density at radius 1 is 1.08 bits per heavy atom. The number of hydrogen-bond acceptors (Lipinski definition) is 5. The third-order valence-electron chi connectivity index (χ3n) is 3.57. The zero-order valence-electron chi connectivity index (χ0n) is 13.6. The fraction of sp³-hybridized carbons (Fsp3) is 0.222. The molecule has 0 saturated carbocycles. The zero-order chi connectivity index (χ0) is 17.1. The number of methoxy groups -OCH3 is 1. The molecule has 3 aromatic rings. The van der Waals surface area contributed by atoms with Gasteiger partial charge in [-0.2, -0.15) is 0 Å². The second-order valence-electron chi connectivity index (χ2n) is 5.34. The maximum atomic E-state index is 5.96. The molecule has 1 atom stereocenters. The van der Waals surface area contributed by atoms with Crippen molar-refractivity contribution < 1.29 is 13.9 Å². The lowest BCUT2D eigenvalue weighted by Crippen LogP contribution is -2.04. The standard InChI is InChI=1S/C18H17ClN2O3/c1-11-10-14(19)6-9-16(11)23-12(2)17-20-21-18(24-17)13-4-7-15(22-3)8-5-13/h4-10,12H,1-3H3/t12-/m1/s1. The van der Waals surface area contributed by atoms with Crippen LogP contribution >= 0.6 is 11.6 Å². The lowest BCUT2D eigenvalue weighted by molar-refractivity contribution is 0.188.